The Morgan fingerprint density at radius 1 is 1.56 bits per heavy atom. The summed E-state index contributed by atoms with van der Waals surface area (Å²) in [7, 11) is 0. The number of halogens is 1. The van der Waals surface area contributed by atoms with Crippen LogP contribution in [-0.4, -0.2) is 25.7 Å². The van der Waals surface area contributed by atoms with Gasteiger partial charge in [0.1, 0.15) is 18.7 Å². The lowest BCUT2D eigenvalue weighted by atomic mass is 10.3. The molecular weight excluding hydrogens is 254 g/mol. The van der Waals surface area contributed by atoms with Gasteiger partial charge in [0.25, 0.3) is 0 Å². The number of hydrogen-bond acceptors (Lipinski definition) is 4. The number of anilines is 1. The van der Waals surface area contributed by atoms with Gasteiger partial charge in [-0.15, -0.1) is 0 Å². The Morgan fingerprint density at radius 2 is 2.33 bits per heavy atom. The molecule has 1 amide bonds. The van der Waals surface area contributed by atoms with Crippen LogP contribution in [0.2, 0.25) is 5.02 Å². The monoisotopic (exact) mass is 265 g/mol. The fraction of sp³-hybridized carbons (Fsp3) is 0.273. The maximum atomic E-state index is 12.0. The number of carbonyl (C=O) groups excluding carboxylic acids is 1. The third-order valence-electron chi connectivity index (χ3n) is 2.53. The molecule has 2 aromatic heterocycles. The minimum Gasteiger partial charge on any atom is -0.323 e. The molecule has 7 heteroatoms. The van der Waals surface area contributed by atoms with Gasteiger partial charge >= 0.3 is 0 Å². The second-order valence-corrected chi connectivity index (χ2v) is 4.18. The number of aromatic nitrogens is 4. The Hall–Kier alpha value is -1.95. The molecule has 2 rings (SSSR count). The molecule has 1 N–H and O–H groups in total. The second kappa shape index (κ2) is 5.14. The number of aryl methyl sites for hydroxylation is 1. The van der Waals surface area contributed by atoms with Crippen LogP contribution in [0.25, 0.3) is 0 Å². The third kappa shape index (κ3) is 2.48. The molecule has 0 aliphatic carbocycles. The summed E-state index contributed by atoms with van der Waals surface area (Å²) in [6.45, 7) is 3.50. The maximum absolute atomic E-state index is 12.0. The van der Waals surface area contributed by atoms with Crippen molar-refractivity contribution in [2.45, 2.75) is 19.9 Å². The van der Waals surface area contributed by atoms with Crippen LogP contribution in [0.4, 0.5) is 5.69 Å². The molecule has 0 saturated heterocycles. The van der Waals surface area contributed by atoms with E-state index < -0.39 is 6.04 Å². The van der Waals surface area contributed by atoms with Gasteiger partial charge in [-0.2, -0.15) is 5.10 Å². The Morgan fingerprint density at radius 3 is 3.00 bits per heavy atom. The molecule has 0 aromatic carbocycles. The van der Waals surface area contributed by atoms with Gasteiger partial charge in [0, 0.05) is 6.20 Å². The molecule has 2 aromatic rings. The van der Waals surface area contributed by atoms with E-state index in [2.05, 4.69) is 20.4 Å². The number of nitrogens with one attached hydrogen (secondary N) is 1. The van der Waals surface area contributed by atoms with Crippen molar-refractivity contribution in [3.8, 4) is 0 Å². The highest BCUT2D eigenvalue weighted by Crippen LogP contribution is 2.24. The van der Waals surface area contributed by atoms with E-state index in [0.717, 1.165) is 0 Å². The van der Waals surface area contributed by atoms with Crippen molar-refractivity contribution in [1.29, 1.82) is 0 Å². The van der Waals surface area contributed by atoms with Crippen LogP contribution in [0, 0.1) is 6.92 Å². The first-order valence-corrected chi connectivity index (χ1v) is 5.73. The highest BCUT2D eigenvalue weighted by molar-refractivity contribution is 6.34. The Bertz CT molecular complexity index is 555. The van der Waals surface area contributed by atoms with Crippen LogP contribution in [0.15, 0.2) is 24.9 Å². The molecule has 0 saturated carbocycles. The van der Waals surface area contributed by atoms with Crippen LogP contribution >= 0.6 is 11.6 Å². The van der Waals surface area contributed by atoms with Gasteiger partial charge in [-0.3, -0.25) is 9.78 Å². The molecule has 0 aliphatic heterocycles. The van der Waals surface area contributed by atoms with Crippen LogP contribution < -0.4 is 5.32 Å². The predicted molar refractivity (Wildman–Crippen MR) is 67.3 cm³/mol. The van der Waals surface area contributed by atoms with Crippen molar-refractivity contribution in [2.24, 2.45) is 0 Å². The fourth-order valence-electron chi connectivity index (χ4n) is 1.42. The molecule has 6 nitrogen and oxygen atoms in total. The quantitative estimate of drug-likeness (QED) is 0.919. The second-order valence-electron chi connectivity index (χ2n) is 3.80. The van der Waals surface area contributed by atoms with E-state index in [1.165, 1.54) is 17.3 Å². The molecule has 0 unspecified atom stereocenters. The van der Waals surface area contributed by atoms with E-state index in [1.54, 1.807) is 26.1 Å². The zero-order valence-electron chi connectivity index (χ0n) is 9.96. The van der Waals surface area contributed by atoms with Crippen LogP contribution in [0.5, 0.6) is 0 Å². The molecule has 0 bridgehead atoms. The first-order valence-electron chi connectivity index (χ1n) is 5.35. The van der Waals surface area contributed by atoms with Crippen molar-refractivity contribution in [1.82, 2.24) is 19.7 Å². The van der Waals surface area contributed by atoms with Crippen molar-refractivity contribution >= 4 is 23.2 Å². The highest BCUT2D eigenvalue weighted by Gasteiger charge is 2.17. The Labute approximate surface area is 109 Å². The van der Waals surface area contributed by atoms with Crippen molar-refractivity contribution in [2.75, 3.05) is 5.32 Å². The SMILES string of the molecule is Cc1nccc(NC(=O)[C@@H](C)n2cncn2)c1Cl. The fourth-order valence-corrected chi connectivity index (χ4v) is 1.58. The van der Waals surface area contributed by atoms with Gasteiger partial charge in [-0.1, -0.05) is 11.6 Å². The van der Waals surface area contributed by atoms with Gasteiger partial charge in [0.15, 0.2) is 0 Å². The number of pyridine rings is 1. The Kier molecular flexibility index (Phi) is 3.57. The summed E-state index contributed by atoms with van der Waals surface area (Å²) in [4.78, 5) is 19.8. The lowest BCUT2D eigenvalue weighted by Crippen LogP contribution is -2.24. The standard InChI is InChI=1S/C11H12ClN5O/c1-7-10(12)9(3-4-14-7)16-11(18)8(2)17-6-13-5-15-17/h3-6,8H,1-2H3,(H,14,16,18)/t8-/m1/s1. The predicted octanol–water partition coefficient (Wildman–Crippen LogP) is 1.83. The van der Waals surface area contributed by atoms with Crippen LogP contribution in [0.3, 0.4) is 0 Å². The van der Waals surface area contributed by atoms with Crippen LogP contribution in [0.1, 0.15) is 18.7 Å². The summed E-state index contributed by atoms with van der Waals surface area (Å²) >= 11 is 6.05. The van der Waals surface area contributed by atoms with Crippen molar-refractivity contribution in [3.05, 3.63) is 35.6 Å². The van der Waals surface area contributed by atoms with Gasteiger partial charge in [-0.25, -0.2) is 9.67 Å². The molecule has 2 heterocycles. The minimum absolute atomic E-state index is 0.215. The van der Waals surface area contributed by atoms with E-state index in [1.807, 2.05) is 0 Å². The zero-order chi connectivity index (χ0) is 13.1. The normalized spacial score (nSPS) is 12.2. The number of carbonyl (C=O) groups is 1. The third-order valence-corrected chi connectivity index (χ3v) is 3.01. The lowest BCUT2D eigenvalue weighted by Gasteiger charge is -2.13. The largest absolute Gasteiger partial charge is 0.323 e. The molecule has 0 fully saturated rings. The highest BCUT2D eigenvalue weighted by atomic mass is 35.5. The summed E-state index contributed by atoms with van der Waals surface area (Å²) in [5, 5.41) is 7.10. The van der Waals surface area contributed by atoms with E-state index >= 15 is 0 Å². The number of rotatable bonds is 3. The molecule has 94 valence electrons. The first kappa shape index (κ1) is 12.5. The summed E-state index contributed by atoms with van der Waals surface area (Å²) in [5.41, 5.74) is 1.21. The number of nitrogens with zero attached hydrogens (tertiary/aromatic N) is 4. The number of amides is 1. The molecule has 0 spiro atoms. The molecule has 18 heavy (non-hydrogen) atoms. The van der Waals surface area contributed by atoms with E-state index in [-0.39, 0.29) is 5.91 Å². The lowest BCUT2D eigenvalue weighted by molar-refractivity contribution is -0.119. The van der Waals surface area contributed by atoms with E-state index in [9.17, 15) is 4.79 Å². The van der Waals surface area contributed by atoms with Gasteiger partial charge in [-0.05, 0) is 19.9 Å². The van der Waals surface area contributed by atoms with Gasteiger partial charge in [0.05, 0.1) is 16.4 Å². The molecule has 0 radical (unpaired) electrons. The Balaban J connectivity index is 2.14. The summed E-state index contributed by atoms with van der Waals surface area (Å²) in [6.07, 6.45) is 4.47. The smallest absolute Gasteiger partial charge is 0.249 e. The summed E-state index contributed by atoms with van der Waals surface area (Å²) in [6, 6.07) is 1.19. The van der Waals surface area contributed by atoms with Gasteiger partial charge < -0.3 is 5.32 Å². The average Bonchev–Trinajstić information content (AvgIpc) is 2.87. The van der Waals surface area contributed by atoms with Crippen molar-refractivity contribution in [3.63, 3.8) is 0 Å². The van der Waals surface area contributed by atoms with E-state index in [0.29, 0.717) is 16.4 Å². The summed E-state index contributed by atoms with van der Waals surface area (Å²) < 4.78 is 1.47. The topological polar surface area (TPSA) is 72.7 Å². The van der Waals surface area contributed by atoms with Crippen LogP contribution in [-0.2, 0) is 4.79 Å². The molecular formula is C11H12ClN5O. The van der Waals surface area contributed by atoms with Gasteiger partial charge in [0.2, 0.25) is 5.91 Å². The maximum Gasteiger partial charge on any atom is 0.249 e. The minimum atomic E-state index is -0.461. The number of hydrogen-bond donors (Lipinski definition) is 1. The van der Waals surface area contributed by atoms with Crippen molar-refractivity contribution < 1.29 is 4.79 Å². The first-order chi connectivity index (χ1) is 8.59. The zero-order valence-corrected chi connectivity index (χ0v) is 10.7. The summed E-state index contributed by atoms with van der Waals surface area (Å²) in [5.74, 6) is -0.215. The van der Waals surface area contributed by atoms with E-state index in [4.69, 9.17) is 11.6 Å². The molecule has 1 atom stereocenters. The molecule has 0 aliphatic rings. The average molecular weight is 266 g/mol.